The molecule has 0 aromatic heterocycles. The fourth-order valence-electron chi connectivity index (χ4n) is 1.92. The van der Waals surface area contributed by atoms with Gasteiger partial charge in [0.25, 0.3) is 0 Å². The van der Waals surface area contributed by atoms with Crippen LogP contribution in [-0.2, 0) is 14.0 Å². The Kier molecular flexibility index (Phi) is 4.09. The molecule has 0 bridgehead atoms. The molecule has 110 valence electrons. The van der Waals surface area contributed by atoms with E-state index >= 15 is 0 Å². The normalized spacial score (nSPS) is 20.2. The maximum atomic E-state index is 13.4. The van der Waals surface area contributed by atoms with Crippen molar-refractivity contribution in [1.82, 2.24) is 0 Å². The Labute approximate surface area is 119 Å². The summed E-state index contributed by atoms with van der Waals surface area (Å²) in [6, 6.07) is 4.28. The minimum atomic E-state index is -0.590. The minimum Gasteiger partial charge on any atom is -0.468 e. The summed E-state index contributed by atoms with van der Waals surface area (Å²) in [5.74, 6) is -0.0123. The van der Waals surface area contributed by atoms with Gasteiger partial charge in [-0.05, 0) is 33.8 Å². The topological polar surface area (TPSA) is 36.9 Å². The van der Waals surface area contributed by atoms with E-state index in [1.54, 1.807) is 6.07 Å². The van der Waals surface area contributed by atoms with Crippen LogP contribution in [0.4, 0.5) is 4.39 Å². The van der Waals surface area contributed by atoms with E-state index < -0.39 is 18.3 Å². The molecule has 1 aromatic rings. The third-order valence-electron chi connectivity index (χ3n) is 3.82. The lowest BCUT2D eigenvalue weighted by Crippen LogP contribution is -2.41. The third-order valence-corrected chi connectivity index (χ3v) is 3.82. The van der Waals surface area contributed by atoms with Gasteiger partial charge in [0.05, 0.1) is 11.2 Å². The van der Waals surface area contributed by atoms with Gasteiger partial charge in [-0.1, -0.05) is 6.07 Å². The van der Waals surface area contributed by atoms with Crippen molar-refractivity contribution in [2.45, 2.75) is 38.9 Å². The first-order chi connectivity index (χ1) is 9.27. The summed E-state index contributed by atoms with van der Waals surface area (Å²) in [6.45, 7) is 7.90. The summed E-state index contributed by atoms with van der Waals surface area (Å²) in [5, 5.41) is 0. The Morgan fingerprint density at radius 1 is 1.15 bits per heavy atom. The van der Waals surface area contributed by atoms with Crippen LogP contribution < -0.4 is 10.2 Å². The van der Waals surface area contributed by atoms with Crippen LogP contribution in [0, 0.1) is 5.82 Å². The zero-order valence-corrected chi connectivity index (χ0v) is 12.5. The lowest BCUT2D eigenvalue weighted by atomic mass is 9.78. The van der Waals surface area contributed by atoms with E-state index in [1.807, 2.05) is 27.7 Å². The van der Waals surface area contributed by atoms with Gasteiger partial charge in [0.15, 0.2) is 6.79 Å². The van der Waals surface area contributed by atoms with E-state index in [0.717, 1.165) is 0 Å². The van der Waals surface area contributed by atoms with Crippen LogP contribution >= 0.6 is 0 Å². The average molecular weight is 282 g/mol. The number of halogens is 1. The largest absolute Gasteiger partial charge is 0.498 e. The van der Waals surface area contributed by atoms with Crippen molar-refractivity contribution in [2.24, 2.45) is 0 Å². The van der Waals surface area contributed by atoms with E-state index in [0.29, 0.717) is 11.2 Å². The highest BCUT2D eigenvalue weighted by atomic mass is 19.1. The van der Waals surface area contributed by atoms with Crippen molar-refractivity contribution in [3.63, 3.8) is 0 Å². The minimum absolute atomic E-state index is 0.0377. The molecule has 0 atom stereocenters. The first kappa shape index (κ1) is 15.3. The molecule has 1 aromatic carbocycles. The molecule has 1 aliphatic rings. The zero-order chi connectivity index (χ0) is 15.0. The molecule has 2 rings (SSSR count). The van der Waals surface area contributed by atoms with Crippen LogP contribution in [0.2, 0.25) is 0 Å². The van der Waals surface area contributed by atoms with E-state index in [2.05, 4.69) is 0 Å². The molecule has 0 N–H and O–H groups in total. The first-order valence-electron chi connectivity index (χ1n) is 6.54. The van der Waals surface area contributed by atoms with Crippen molar-refractivity contribution in [1.29, 1.82) is 0 Å². The number of ether oxygens (including phenoxy) is 2. The van der Waals surface area contributed by atoms with Gasteiger partial charge in [0.1, 0.15) is 11.6 Å². The van der Waals surface area contributed by atoms with Gasteiger partial charge in [-0.2, -0.15) is 0 Å². The molecule has 0 spiro atoms. The Hall–Kier alpha value is -1.11. The maximum absolute atomic E-state index is 13.4. The van der Waals surface area contributed by atoms with Crippen molar-refractivity contribution < 1.29 is 23.2 Å². The van der Waals surface area contributed by atoms with Crippen LogP contribution in [0.25, 0.3) is 0 Å². The summed E-state index contributed by atoms with van der Waals surface area (Å²) in [6.07, 6.45) is 0. The lowest BCUT2D eigenvalue weighted by molar-refractivity contribution is 0.00578. The molecular formula is C14H20BFO4. The Bertz CT molecular complexity index is 474. The summed E-state index contributed by atoms with van der Waals surface area (Å²) < 4.78 is 35.5. The van der Waals surface area contributed by atoms with Gasteiger partial charge < -0.3 is 18.8 Å². The molecule has 0 saturated carbocycles. The molecule has 20 heavy (non-hydrogen) atoms. The molecule has 1 fully saturated rings. The molecule has 1 aliphatic heterocycles. The van der Waals surface area contributed by atoms with Gasteiger partial charge in [-0.15, -0.1) is 0 Å². The molecule has 1 heterocycles. The summed E-state index contributed by atoms with van der Waals surface area (Å²) in [4.78, 5) is 0. The number of methoxy groups -OCH3 is 1. The Morgan fingerprint density at radius 3 is 2.30 bits per heavy atom. The van der Waals surface area contributed by atoms with E-state index in [9.17, 15) is 4.39 Å². The molecular weight excluding hydrogens is 262 g/mol. The fourth-order valence-corrected chi connectivity index (χ4v) is 1.92. The zero-order valence-electron chi connectivity index (χ0n) is 12.5. The summed E-state index contributed by atoms with van der Waals surface area (Å²) in [7, 11) is 0.917. The highest BCUT2D eigenvalue weighted by Gasteiger charge is 2.52. The molecule has 4 nitrogen and oxygen atoms in total. The molecule has 0 unspecified atom stereocenters. The lowest BCUT2D eigenvalue weighted by Gasteiger charge is -2.32. The van der Waals surface area contributed by atoms with E-state index in [4.69, 9.17) is 18.8 Å². The van der Waals surface area contributed by atoms with Crippen LogP contribution in [0.15, 0.2) is 18.2 Å². The molecule has 0 aliphatic carbocycles. The van der Waals surface area contributed by atoms with Gasteiger partial charge in [0.2, 0.25) is 0 Å². The standard InChI is InChI=1S/C14H20BFO4/c1-13(2)14(3,4)20-15(19-13)11-7-6-10(16)8-12(11)18-9-17-5/h6-8H,9H2,1-5H3. The van der Waals surface area contributed by atoms with Crippen LogP contribution in [0.1, 0.15) is 27.7 Å². The number of benzene rings is 1. The van der Waals surface area contributed by atoms with Crippen molar-refractivity contribution in [3.05, 3.63) is 24.0 Å². The predicted molar refractivity (Wildman–Crippen MR) is 74.6 cm³/mol. The smallest absolute Gasteiger partial charge is 0.468 e. The summed E-state index contributed by atoms with van der Waals surface area (Å²) in [5.41, 5.74) is -0.253. The highest BCUT2D eigenvalue weighted by Crippen LogP contribution is 2.37. The van der Waals surface area contributed by atoms with E-state index in [-0.39, 0.29) is 12.6 Å². The van der Waals surface area contributed by atoms with E-state index in [1.165, 1.54) is 19.2 Å². The van der Waals surface area contributed by atoms with Crippen molar-refractivity contribution >= 4 is 12.6 Å². The Morgan fingerprint density at radius 2 is 1.75 bits per heavy atom. The van der Waals surface area contributed by atoms with Crippen LogP contribution in [-0.4, -0.2) is 32.2 Å². The van der Waals surface area contributed by atoms with Crippen molar-refractivity contribution in [3.8, 4) is 5.75 Å². The first-order valence-corrected chi connectivity index (χ1v) is 6.54. The third kappa shape index (κ3) is 2.82. The van der Waals surface area contributed by atoms with Gasteiger partial charge in [-0.25, -0.2) is 4.39 Å². The monoisotopic (exact) mass is 282 g/mol. The average Bonchev–Trinajstić information content (AvgIpc) is 2.55. The second-order valence-electron chi connectivity index (χ2n) is 5.82. The Balaban J connectivity index is 2.29. The second kappa shape index (κ2) is 5.35. The quantitative estimate of drug-likeness (QED) is 0.626. The predicted octanol–water partition coefficient (Wildman–Crippen LogP) is 2.11. The van der Waals surface area contributed by atoms with Crippen molar-refractivity contribution in [2.75, 3.05) is 13.9 Å². The van der Waals surface area contributed by atoms with Crippen LogP contribution in [0.3, 0.4) is 0 Å². The number of hydrogen-bond donors (Lipinski definition) is 0. The fraction of sp³-hybridized carbons (Fsp3) is 0.571. The molecule has 1 saturated heterocycles. The second-order valence-corrected chi connectivity index (χ2v) is 5.82. The molecule has 0 amide bonds. The maximum Gasteiger partial charge on any atom is 0.498 e. The summed E-state index contributed by atoms with van der Waals surface area (Å²) >= 11 is 0. The number of rotatable bonds is 4. The molecule has 0 radical (unpaired) electrons. The van der Waals surface area contributed by atoms with Crippen LogP contribution in [0.5, 0.6) is 5.75 Å². The van der Waals surface area contributed by atoms with Gasteiger partial charge in [0, 0.05) is 18.6 Å². The van der Waals surface area contributed by atoms with Gasteiger partial charge >= 0.3 is 7.12 Å². The number of hydrogen-bond acceptors (Lipinski definition) is 4. The highest BCUT2D eigenvalue weighted by molar-refractivity contribution is 6.63. The van der Waals surface area contributed by atoms with Gasteiger partial charge in [-0.3, -0.25) is 0 Å². The molecule has 6 heteroatoms. The SMILES string of the molecule is COCOc1cc(F)ccc1B1OC(C)(C)C(C)(C)O1.